The molecule has 3 rings (SSSR count). The Morgan fingerprint density at radius 3 is 2.70 bits per heavy atom. The lowest BCUT2D eigenvalue weighted by Gasteiger charge is -2.10. The molecule has 0 saturated heterocycles. The maximum absolute atomic E-state index is 12.3. The fraction of sp³-hybridized carbons (Fsp3) is 0.167. The van der Waals surface area contributed by atoms with E-state index in [9.17, 15) is 4.79 Å². The maximum atomic E-state index is 12.3. The van der Waals surface area contributed by atoms with Crippen LogP contribution in [0.5, 0.6) is 5.75 Å². The highest BCUT2D eigenvalue weighted by Gasteiger charge is 2.19. The molecule has 1 atom stereocenters. The Morgan fingerprint density at radius 2 is 1.96 bits per heavy atom. The second-order valence-electron chi connectivity index (χ2n) is 5.48. The molecule has 5 nitrogen and oxygen atoms in total. The standard InChI is InChI=1S/C18H19N3O2/c1-23-14-8-6-13(7-9-14)21-18(22)16(19)10-12-11-20-17-5-3-2-4-15(12)17/h2-9,11,16,20H,10,19H2,1H3,(H,21,22)/p+1/t16-/m0/s1. The first-order valence-corrected chi connectivity index (χ1v) is 7.50. The summed E-state index contributed by atoms with van der Waals surface area (Å²) in [6.45, 7) is 0. The van der Waals surface area contributed by atoms with Crippen LogP contribution in [0.3, 0.4) is 0 Å². The summed E-state index contributed by atoms with van der Waals surface area (Å²) in [5.74, 6) is 0.661. The van der Waals surface area contributed by atoms with E-state index in [4.69, 9.17) is 4.74 Å². The molecular formula is C18H20N3O2+. The van der Waals surface area contributed by atoms with E-state index < -0.39 is 0 Å². The van der Waals surface area contributed by atoms with Crippen LogP contribution >= 0.6 is 0 Å². The molecule has 0 spiro atoms. The maximum Gasteiger partial charge on any atom is 0.282 e. The van der Waals surface area contributed by atoms with Gasteiger partial charge >= 0.3 is 0 Å². The molecule has 0 fully saturated rings. The molecule has 0 bridgehead atoms. The minimum absolute atomic E-state index is 0.0968. The molecule has 0 radical (unpaired) electrons. The number of rotatable bonds is 5. The molecule has 0 aliphatic heterocycles. The Bertz CT molecular complexity index is 809. The summed E-state index contributed by atoms with van der Waals surface area (Å²) in [7, 11) is 1.61. The predicted octanol–water partition coefficient (Wildman–Crippen LogP) is 1.97. The molecule has 0 aliphatic carbocycles. The summed E-state index contributed by atoms with van der Waals surface area (Å²) in [5, 5.41) is 4.02. The lowest BCUT2D eigenvalue weighted by Crippen LogP contribution is -2.67. The van der Waals surface area contributed by atoms with Crippen molar-refractivity contribution in [1.29, 1.82) is 0 Å². The van der Waals surface area contributed by atoms with E-state index in [2.05, 4.69) is 22.1 Å². The number of para-hydroxylation sites is 1. The number of hydrogen-bond donors (Lipinski definition) is 3. The fourth-order valence-electron chi connectivity index (χ4n) is 2.58. The predicted molar refractivity (Wildman–Crippen MR) is 90.3 cm³/mol. The molecule has 1 heterocycles. The van der Waals surface area contributed by atoms with E-state index in [0.29, 0.717) is 6.42 Å². The van der Waals surface area contributed by atoms with Gasteiger partial charge in [0.2, 0.25) is 0 Å². The number of anilines is 1. The van der Waals surface area contributed by atoms with E-state index in [1.807, 2.05) is 48.7 Å². The molecule has 118 valence electrons. The third-order valence-corrected chi connectivity index (χ3v) is 3.87. The molecule has 0 unspecified atom stereocenters. The third-order valence-electron chi connectivity index (χ3n) is 3.87. The quantitative estimate of drug-likeness (QED) is 0.673. The zero-order valence-corrected chi connectivity index (χ0v) is 13.0. The first kappa shape index (κ1) is 15.1. The lowest BCUT2D eigenvalue weighted by molar-refractivity contribution is -0.402. The molecule has 0 aliphatic rings. The van der Waals surface area contributed by atoms with E-state index in [0.717, 1.165) is 27.9 Å². The van der Waals surface area contributed by atoms with E-state index in [-0.39, 0.29) is 11.9 Å². The van der Waals surface area contributed by atoms with Gasteiger partial charge in [0.25, 0.3) is 5.91 Å². The summed E-state index contributed by atoms with van der Waals surface area (Å²) >= 11 is 0. The monoisotopic (exact) mass is 310 g/mol. The highest BCUT2D eigenvalue weighted by atomic mass is 16.5. The largest absolute Gasteiger partial charge is 0.497 e. The van der Waals surface area contributed by atoms with Gasteiger partial charge in [0, 0.05) is 29.2 Å². The Hall–Kier alpha value is -2.79. The van der Waals surface area contributed by atoms with Crippen molar-refractivity contribution in [3.63, 3.8) is 0 Å². The molecular weight excluding hydrogens is 290 g/mol. The summed E-state index contributed by atoms with van der Waals surface area (Å²) in [4.78, 5) is 15.5. The Balaban J connectivity index is 1.67. The van der Waals surface area contributed by atoms with Gasteiger partial charge in [-0.2, -0.15) is 0 Å². The van der Waals surface area contributed by atoms with Gasteiger partial charge in [-0.05, 0) is 35.9 Å². The van der Waals surface area contributed by atoms with Crippen LogP contribution in [-0.2, 0) is 11.2 Å². The van der Waals surface area contributed by atoms with Crippen LogP contribution in [0.2, 0.25) is 0 Å². The third kappa shape index (κ3) is 3.35. The molecule has 1 amide bonds. The van der Waals surface area contributed by atoms with Crippen molar-refractivity contribution in [2.75, 3.05) is 12.4 Å². The molecule has 0 saturated carbocycles. The molecule has 23 heavy (non-hydrogen) atoms. The summed E-state index contributed by atoms with van der Waals surface area (Å²) < 4.78 is 5.10. The van der Waals surface area contributed by atoms with Gasteiger partial charge in [0.15, 0.2) is 6.04 Å². The second-order valence-corrected chi connectivity index (χ2v) is 5.48. The van der Waals surface area contributed by atoms with Gasteiger partial charge in [-0.1, -0.05) is 18.2 Å². The number of H-pyrrole nitrogens is 1. The summed E-state index contributed by atoms with van der Waals surface area (Å²) in [5.41, 5.74) is 6.91. The van der Waals surface area contributed by atoms with Crippen molar-refractivity contribution in [2.24, 2.45) is 0 Å². The van der Waals surface area contributed by atoms with Crippen LogP contribution in [0, 0.1) is 0 Å². The smallest absolute Gasteiger partial charge is 0.282 e. The average Bonchev–Trinajstić information content (AvgIpc) is 2.98. The van der Waals surface area contributed by atoms with Crippen molar-refractivity contribution in [3.05, 3.63) is 60.3 Å². The minimum Gasteiger partial charge on any atom is -0.497 e. The number of carbonyl (C=O) groups is 1. The van der Waals surface area contributed by atoms with E-state index >= 15 is 0 Å². The number of aromatic nitrogens is 1. The van der Waals surface area contributed by atoms with Crippen LogP contribution in [0.25, 0.3) is 10.9 Å². The number of nitrogens with one attached hydrogen (secondary N) is 2. The number of carbonyl (C=O) groups excluding carboxylic acids is 1. The van der Waals surface area contributed by atoms with E-state index in [1.54, 1.807) is 7.11 Å². The van der Waals surface area contributed by atoms with Gasteiger partial charge in [-0.3, -0.25) is 4.79 Å². The normalized spacial score (nSPS) is 12.1. The highest BCUT2D eigenvalue weighted by Crippen LogP contribution is 2.19. The van der Waals surface area contributed by atoms with Crippen LogP contribution in [0.15, 0.2) is 54.7 Å². The van der Waals surface area contributed by atoms with Crippen molar-refractivity contribution in [3.8, 4) is 5.75 Å². The zero-order chi connectivity index (χ0) is 16.2. The van der Waals surface area contributed by atoms with Gasteiger partial charge < -0.3 is 20.8 Å². The van der Waals surface area contributed by atoms with Crippen molar-refractivity contribution >= 4 is 22.5 Å². The number of methoxy groups -OCH3 is 1. The SMILES string of the molecule is COc1ccc(NC(=O)[C@@H]([NH3+])Cc2c[nH]c3ccccc23)cc1. The van der Waals surface area contributed by atoms with Gasteiger partial charge in [0.1, 0.15) is 5.75 Å². The molecule has 2 aromatic carbocycles. The van der Waals surface area contributed by atoms with Crippen molar-refractivity contribution < 1.29 is 15.3 Å². The fourth-order valence-corrected chi connectivity index (χ4v) is 2.58. The van der Waals surface area contributed by atoms with Gasteiger partial charge in [-0.15, -0.1) is 0 Å². The number of hydrogen-bond acceptors (Lipinski definition) is 2. The molecule has 5 N–H and O–H groups in total. The molecule has 3 aromatic rings. The van der Waals surface area contributed by atoms with Gasteiger partial charge in [0.05, 0.1) is 7.11 Å². The van der Waals surface area contributed by atoms with Crippen LogP contribution in [0.1, 0.15) is 5.56 Å². The molecule has 1 aromatic heterocycles. The number of benzene rings is 2. The topological polar surface area (TPSA) is 81.8 Å². The molecule has 5 heteroatoms. The first-order chi connectivity index (χ1) is 11.2. The second kappa shape index (κ2) is 6.54. The summed E-state index contributed by atoms with van der Waals surface area (Å²) in [6.07, 6.45) is 2.54. The Kier molecular flexibility index (Phi) is 4.30. The lowest BCUT2D eigenvalue weighted by atomic mass is 10.0. The van der Waals surface area contributed by atoms with Crippen LogP contribution in [0.4, 0.5) is 5.69 Å². The highest BCUT2D eigenvalue weighted by molar-refractivity contribution is 5.94. The van der Waals surface area contributed by atoms with Crippen LogP contribution < -0.4 is 15.8 Å². The number of quaternary nitrogens is 1. The van der Waals surface area contributed by atoms with Crippen molar-refractivity contribution in [1.82, 2.24) is 4.98 Å². The Labute approximate surface area is 134 Å². The average molecular weight is 310 g/mol. The minimum atomic E-state index is -0.365. The zero-order valence-electron chi connectivity index (χ0n) is 13.0. The van der Waals surface area contributed by atoms with E-state index in [1.165, 1.54) is 0 Å². The summed E-state index contributed by atoms with van der Waals surface area (Å²) in [6, 6.07) is 14.9. The van der Waals surface area contributed by atoms with Crippen LogP contribution in [-0.4, -0.2) is 24.0 Å². The number of aromatic amines is 1. The number of ether oxygens (including phenoxy) is 1. The van der Waals surface area contributed by atoms with Gasteiger partial charge in [-0.25, -0.2) is 0 Å². The Morgan fingerprint density at radius 1 is 1.22 bits per heavy atom. The first-order valence-electron chi connectivity index (χ1n) is 7.50. The van der Waals surface area contributed by atoms with Crippen molar-refractivity contribution in [2.45, 2.75) is 12.5 Å². The number of amides is 1. The number of fused-ring (bicyclic) bond motifs is 1.